The summed E-state index contributed by atoms with van der Waals surface area (Å²) in [5, 5.41) is 3.43. The Morgan fingerprint density at radius 1 is 1.14 bits per heavy atom. The van der Waals surface area contributed by atoms with Crippen LogP contribution in [0.15, 0.2) is 18.2 Å². The third kappa shape index (κ3) is 3.18. The van der Waals surface area contributed by atoms with Crippen LogP contribution >= 0.6 is 12.4 Å². The van der Waals surface area contributed by atoms with Crippen LogP contribution in [0.5, 0.6) is 11.5 Å². The smallest absolute Gasteiger partial charge is 0.231 e. The molecule has 3 aliphatic rings. The van der Waals surface area contributed by atoms with Gasteiger partial charge in [-0.1, -0.05) is 12.1 Å². The van der Waals surface area contributed by atoms with Crippen molar-refractivity contribution in [3.63, 3.8) is 0 Å². The van der Waals surface area contributed by atoms with Crippen LogP contribution in [0.4, 0.5) is 0 Å². The highest BCUT2D eigenvalue weighted by Crippen LogP contribution is 2.36. The molecular weight excluding hydrogens is 302 g/mol. The fourth-order valence-corrected chi connectivity index (χ4v) is 3.66. The Balaban J connectivity index is 0.00000144. The molecule has 1 aromatic carbocycles. The van der Waals surface area contributed by atoms with E-state index in [4.69, 9.17) is 9.47 Å². The average molecular weight is 326 g/mol. The molecule has 5 nitrogen and oxygen atoms in total. The van der Waals surface area contributed by atoms with Gasteiger partial charge in [-0.25, -0.2) is 0 Å². The van der Waals surface area contributed by atoms with E-state index in [0.29, 0.717) is 6.79 Å². The van der Waals surface area contributed by atoms with Crippen LogP contribution < -0.4 is 14.8 Å². The summed E-state index contributed by atoms with van der Waals surface area (Å²) in [5.74, 6) is 1.84. The van der Waals surface area contributed by atoms with Crippen molar-refractivity contribution < 1.29 is 9.47 Å². The molecule has 122 valence electrons. The van der Waals surface area contributed by atoms with Crippen molar-refractivity contribution in [3.05, 3.63) is 23.8 Å². The van der Waals surface area contributed by atoms with Crippen molar-refractivity contribution >= 4 is 12.4 Å². The molecule has 22 heavy (non-hydrogen) atoms. The van der Waals surface area contributed by atoms with Crippen molar-refractivity contribution in [2.45, 2.75) is 19.0 Å². The molecule has 0 aliphatic carbocycles. The lowest BCUT2D eigenvalue weighted by Crippen LogP contribution is -2.49. The summed E-state index contributed by atoms with van der Waals surface area (Å²) in [7, 11) is 0. The van der Waals surface area contributed by atoms with E-state index < -0.39 is 0 Å². The van der Waals surface area contributed by atoms with Gasteiger partial charge in [-0.15, -0.1) is 12.4 Å². The third-order valence-corrected chi connectivity index (χ3v) is 4.79. The molecule has 0 amide bonds. The maximum atomic E-state index is 5.62. The van der Waals surface area contributed by atoms with Crippen LogP contribution in [0.1, 0.15) is 12.0 Å². The van der Waals surface area contributed by atoms with Gasteiger partial charge in [-0.3, -0.25) is 9.80 Å². The lowest BCUT2D eigenvalue weighted by atomic mass is 10.1. The molecule has 2 saturated heterocycles. The van der Waals surface area contributed by atoms with E-state index in [1.165, 1.54) is 38.2 Å². The van der Waals surface area contributed by atoms with Gasteiger partial charge in [-0.2, -0.15) is 0 Å². The molecule has 0 radical (unpaired) electrons. The SMILES string of the molecule is Cl.c1cc(CN2CCC(N3CCNCC3)C2)c2c(c1)OCO2. The van der Waals surface area contributed by atoms with Crippen LogP contribution in [0, 0.1) is 0 Å². The second-order valence-electron chi connectivity index (χ2n) is 6.11. The van der Waals surface area contributed by atoms with Crippen molar-refractivity contribution in [1.82, 2.24) is 15.1 Å². The molecule has 3 aliphatic heterocycles. The largest absolute Gasteiger partial charge is 0.454 e. The van der Waals surface area contributed by atoms with E-state index in [-0.39, 0.29) is 12.4 Å². The Morgan fingerprint density at radius 3 is 2.86 bits per heavy atom. The van der Waals surface area contributed by atoms with Crippen LogP contribution in [-0.2, 0) is 6.54 Å². The van der Waals surface area contributed by atoms with Gasteiger partial charge in [0.1, 0.15) is 0 Å². The molecule has 1 unspecified atom stereocenters. The van der Waals surface area contributed by atoms with Crippen LogP contribution in [0.2, 0.25) is 0 Å². The Bertz CT molecular complexity index is 508. The number of ether oxygens (including phenoxy) is 2. The maximum absolute atomic E-state index is 5.62. The van der Waals surface area contributed by atoms with Crippen molar-refractivity contribution in [2.24, 2.45) is 0 Å². The molecule has 0 aromatic heterocycles. The molecule has 2 fully saturated rings. The van der Waals surface area contributed by atoms with Crippen molar-refractivity contribution in [1.29, 1.82) is 0 Å². The standard InChI is InChI=1S/C16H23N3O2.ClH/c1-2-13(16-15(3-1)20-12-21-16)10-18-7-4-14(11-18)19-8-5-17-6-9-19;/h1-3,14,17H,4-12H2;1H. The number of hydrogen-bond acceptors (Lipinski definition) is 5. The predicted octanol–water partition coefficient (Wildman–Crippen LogP) is 1.32. The summed E-state index contributed by atoms with van der Waals surface area (Å²) in [5.41, 5.74) is 1.26. The molecule has 6 heteroatoms. The van der Waals surface area contributed by atoms with Gasteiger partial charge in [-0.05, 0) is 12.5 Å². The highest BCUT2D eigenvalue weighted by atomic mass is 35.5. The van der Waals surface area contributed by atoms with Gasteiger partial charge in [0.05, 0.1) is 0 Å². The number of para-hydroxylation sites is 1. The van der Waals surface area contributed by atoms with Gasteiger partial charge in [0.15, 0.2) is 11.5 Å². The van der Waals surface area contributed by atoms with Gasteiger partial charge >= 0.3 is 0 Å². The number of benzene rings is 1. The Kier molecular flexibility index (Phi) is 5.08. The Hall–Kier alpha value is -1.01. The normalized spacial score (nSPS) is 25.2. The average Bonchev–Trinajstić information content (AvgIpc) is 3.17. The number of hydrogen-bond donors (Lipinski definition) is 1. The summed E-state index contributed by atoms with van der Waals surface area (Å²) in [6.45, 7) is 8.32. The highest BCUT2D eigenvalue weighted by molar-refractivity contribution is 5.85. The Labute approximate surface area is 138 Å². The quantitative estimate of drug-likeness (QED) is 0.907. The molecular formula is C16H24ClN3O2. The molecule has 1 aromatic rings. The van der Waals surface area contributed by atoms with Gasteiger partial charge in [0.25, 0.3) is 0 Å². The fraction of sp³-hybridized carbons (Fsp3) is 0.625. The van der Waals surface area contributed by atoms with Gasteiger partial charge < -0.3 is 14.8 Å². The second-order valence-corrected chi connectivity index (χ2v) is 6.11. The minimum absolute atomic E-state index is 0. The van der Waals surface area contributed by atoms with E-state index in [2.05, 4.69) is 27.2 Å². The first kappa shape index (κ1) is 15.9. The number of nitrogens with zero attached hydrogens (tertiary/aromatic N) is 2. The first-order valence-corrected chi connectivity index (χ1v) is 7.95. The van der Waals surface area contributed by atoms with Crippen molar-refractivity contribution in [3.8, 4) is 11.5 Å². The summed E-state index contributed by atoms with van der Waals surface area (Å²) < 4.78 is 11.1. The first-order chi connectivity index (χ1) is 10.4. The molecule has 0 bridgehead atoms. The van der Waals surface area contributed by atoms with Gasteiger partial charge in [0, 0.05) is 57.4 Å². The van der Waals surface area contributed by atoms with Crippen molar-refractivity contribution in [2.75, 3.05) is 46.1 Å². The highest BCUT2D eigenvalue weighted by Gasteiger charge is 2.29. The molecule has 0 spiro atoms. The molecule has 3 heterocycles. The molecule has 1 atom stereocenters. The van der Waals surface area contributed by atoms with Crippen LogP contribution in [0.3, 0.4) is 0 Å². The van der Waals surface area contributed by atoms with Crippen LogP contribution in [0.25, 0.3) is 0 Å². The number of halogens is 1. The summed E-state index contributed by atoms with van der Waals surface area (Å²) in [6, 6.07) is 6.93. The predicted molar refractivity (Wildman–Crippen MR) is 87.9 cm³/mol. The van der Waals surface area contributed by atoms with E-state index >= 15 is 0 Å². The number of likely N-dealkylation sites (tertiary alicyclic amines) is 1. The minimum atomic E-state index is 0. The van der Waals surface area contributed by atoms with E-state index in [0.717, 1.165) is 37.2 Å². The molecule has 0 saturated carbocycles. The summed E-state index contributed by atoms with van der Waals surface area (Å²) >= 11 is 0. The fourth-order valence-electron chi connectivity index (χ4n) is 3.66. The number of fused-ring (bicyclic) bond motifs is 1. The van der Waals surface area contributed by atoms with Crippen LogP contribution in [-0.4, -0.2) is 61.9 Å². The summed E-state index contributed by atoms with van der Waals surface area (Å²) in [4.78, 5) is 5.19. The molecule has 4 rings (SSSR count). The second kappa shape index (κ2) is 7.04. The zero-order valence-corrected chi connectivity index (χ0v) is 13.6. The third-order valence-electron chi connectivity index (χ3n) is 4.79. The Morgan fingerprint density at radius 2 is 2.00 bits per heavy atom. The minimum Gasteiger partial charge on any atom is -0.454 e. The van der Waals surface area contributed by atoms with E-state index in [9.17, 15) is 0 Å². The number of piperazine rings is 1. The molecule has 1 N–H and O–H groups in total. The topological polar surface area (TPSA) is 37.0 Å². The lowest BCUT2D eigenvalue weighted by Gasteiger charge is -2.32. The summed E-state index contributed by atoms with van der Waals surface area (Å²) in [6.07, 6.45) is 1.28. The van der Waals surface area contributed by atoms with Gasteiger partial charge in [0.2, 0.25) is 6.79 Å². The lowest BCUT2D eigenvalue weighted by molar-refractivity contribution is 0.167. The maximum Gasteiger partial charge on any atom is 0.231 e. The van der Waals surface area contributed by atoms with E-state index in [1.807, 2.05) is 6.07 Å². The zero-order chi connectivity index (χ0) is 14.1. The number of rotatable bonds is 3. The monoisotopic (exact) mass is 325 g/mol. The first-order valence-electron chi connectivity index (χ1n) is 7.95. The number of nitrogens with one attached hydrogen (secondary N) is 1. The van der Waals surface area contributed by atoms with E-state index in [1.54, 1.807) is 0 Å². The zero-order valence-electron chi connectivity index (χ0n) is 12.8.